The number of nitrogens with one attached hydrogen (secondary N) is 2. The molecule has 22 heavy (non-hydrogen) atoms. The van der Waals surface area contributed by atoms with Gasteiger partial charge in [-0.1, -0.05) is 30.9 Å². The van der Waals surface area contributed by atoms with E-state index in [0.717, 1.165) is 28.1 Å². The van der Waals surface area contributed by atoms with Crippen LogP contribution in [0, 0.1) is 0 Å². The van der Waals surface area contributed by atoms with E-state index in [1.807, 2.05) is 30.3 Å². The number of hydrogen-bond donors (Lipinski definition) is 3. The molecule has 0 aliphatic rings. The maximum absolute atomic E-state index is 11.2. The first kappa shape index (κ1) is 15.3. The van der Waals surface area contributed by atoms with E-state index in [0.29, 0.717) is 0 Å². The summed E-state index contributed by atoms with van der Waals surface area (Å²) >= 11 is 0. The molecule has 2 aromatic rings. The Morgan fingerprint density at radius 2 is 2.27 bits per heavy atom. The second-order valence-corrected chi connectivity index (χ2v) is 4.63. The van der Waals surface area contributed by atoms with Crippen molar-refractivity contribution in [1.82, 2.24) is 10.2 Å². The number of carbonyl (C=O) groups excluding carboxylic acids is 1. The Kier molecular flexibility index (Phi) is 4.93. The lowest BCUT2D eigenvalue weighted by molar-refractivity contribution is -0.114. The summed E-state index contributed by atoms with van der Waals surface area (Å²) in [5.41, 5.74) is 9.69. The van der Waals surface area contributed by atoms with Crippen LogP contribution in [0.5, 0.6) is 0 Å². The number of anilines is 1. The van der Waals surface area contributed by atoms with Crippen LogP contribution in [0.3, 0.4) is 0 Å². The fraction of sp³-hybridized carbons (Fsp3) is 0.0588. The SMILES string of the molecule is C=C/C=C(\C=C/N)c1c[nH]nc1-c1cccc(NC(C)=O)c1. The van der Waals surface area contributed by atoms with Crippen molar-refractivity contribution in [3.05, 3.63) is 67.0 Å². The fourth-order valence-electron chi connectivity index (χ4n) is 2.14. The minimum atomic E-state index is -0.113. The molecule has 0 unspecified atom stereocenters. The van der Waals surface area contributed by atoms with Gasteiger partial charge < -0.3 is 11.1 Å². The summed E-state index contributed by atoms with van der Waals surface area (Å²) in [6.07, 6.45) is 8.61. The van der Waals surface area contributed by atoms with Crippen LogP contribution in [0.15, 0.2) is 61.5 Å². The maximum Gasteiger partial charge on any atom is 0.221 e. The van der Waals surface area contributed by atoms with Gasteiger partial charge in [0.1, 0.15) is 0 Å². The van der Waals surface area contributed by atoms with E-state index in [9.17, 15) is 4.79 Å². The van der Waals surface area contributed by atoms with Gasteiger partial charge in [-0.05, 0) is 30.0 Å². The molecule has 5 nitrogen and oxygen atoms in total. The maximum atomic E-state index is 11.2. The van der Waals surface area contributed by atoms with Crippen LogP contribution in [0.2, 0.25) is 0 Å². The quantitative estimate of drug-likeness (QED) is 0.741. The van der Waals surface area contributed by atoms with E-state index in [1.54, 1.807) is 18.3 Å². The van der Waals surface area contributed by atoms with E-state index in [1.165, 1.54) is 13.1 Å². The van der Waals surface area contributed by atoms with Crippen LogP contribution < -0.4 is 11.1 Å². The van der Waals surface area contributed by atoms with Gasteiger partial charge in [-0.15, -0.1) is 0 Å². The van der Waals surface area contributed by atoms with Crippen molar-refractivity contribution in [3.8, 4) is 11.3 Å². The van der Waals surface area contributed by atoms with E-state index >= 15 is 0 Å². The molecule has 0 saturated carbocycles. The minimum Gasteiger partial charge on any atom is -0.405 e. The van der Waals surface area contributed by atoms with Crippen LogP contribution in [-0.2, 0) is 4.79 Å². The van der Waals surface area contributed by atoms with Gasteiger partial charge in [-0.25, -0.2) is 0 Å². The van der Waals surface area contributed by atoms with Crippen molar-refractivity contribution < 1.29 is 4.79 Å². The number of aromatic amines is 1. The monoisotopic (exact) mass is 294 g/mol. The van der Waals surface area contributed by atoms with E-state index in [-0.39, 0.29) is 5.91 Å². The van der Waals surface area contributed by atoms with E-state index < -0.39 is 0 Å². The van der Waals surface area contributed by atoms with Gasteiger partial charge in [0.05, 0.1) is 5.69 Å². The molecule has 4 N–H and O–H groups in total. The van der Waals surface area contributed by atoms with Crippen LogP contribution in [-0.4, -0.2) is 16.1 Å². The van der Waals surface area contributed by atoms with Crippen LogP contribution >= 0.6 is 0 Å². The number of nitrogens with zero attached hydrogens (tertiary/aromatic N) is 1. The Balaban J connectivity index is 2.46. The summed E-state index contributed by atoms with van der Waals surface area (Å²) in [6.45, 7) is 5.19. The molecule has 0 fully saturated rings. The number of H-pyrrole nitrogens is 1. The molecule has 5 heteroatoms. The minimum absolute atomic E-state index is 0.113. The molecular weight excluding hydrogens is 276 g/mol. The van der Waals surface area contributed by atoms with Crippen molar-refractivity contribution in [1.29, 1.82) is 0 Å². The summed E-state index contributed by atoms with van der Waals surface area (Å²) in [6, 6.07) is 7.51. The van der Waals surface area contributed by atoms with Gasteiger partial charge in [0.25, 0.3) is 0 Å². The number of benzene rings is 1. The first-order chi connectivity index (χ1) is 10.7. The van der Waals surface area contributed by atoms with Crippen molar-refractivity contribution in [3.63, 3.8) is 0 Å². The first-order valence-corrected chi connectivity index (χ1v) is 6.79. The highest BCUT2D eigenvalue weighted by atomic mass is 16.1. The van der Waals surface area contributed by atoms with Crippen molar-refractivity contribution in [2.24, 2.45) is 5.73 Å². The van der Waals surface area contributed by atoms with Crippen LogP contribution in [0.4, 0.5) is 5.69 Å². The lowest BCUT2D eigenvalue weighted by atomic mass is 10.0. The summed E-state index contributed by atoms with van der Waals surface area (Å²) in [5, 5.41) is 9.94. The van der Waals surface area contributed by atoms with Gasteiger partial charge in [-0.2, -0.15) is 5.10 Å². The molecule has 0 spiro atoms. The first-order valence-electron chi connectivity index (χ1n) is 6.79. The Hall–Kier alpha value is -3.08. The Bertz CT molecular complexity index is 741. The lowest BCUT2D eigenvalue weighted by Crippen LogP contribution is -2.05. The predicted octanol–water partition coefficient (Wildman–Crippen LogP) is 3.08. The Morgan fingerprint density at radius 3 is 2.95 bits per heavy atom. The Labute approximate surface area is 129 Å². The normalized spacial score (nSPS) is 11.6. The van der Waals surface area contributed by atoms with Crippen molar-refractivity contribution in [2.75, 3.05) is 5.32 Å². The summed E-state index contributed by atoms with van der Waals surface area (Å²) in [4.78, 5) is 11.2. The third-order valence-corrected chi connectivity index (χ3v) is 2.98. The standard InChI is InChI=1S/C17H18N4O/c1-3-5-13(8-9-18)16-11-19-21-17(16)14-6-4-7-15(10-14)20-12(2)22/h3-11H,1,18H2,2H3,(H,19,21)(H,20,22)/b9-8-,13-5+. The highest BCUT2D eigenvalue weighted by Crippen LogP contribution is 2.29. The molecule has 1 amide bonds. The molecule has 2 rings (SSSR count). The Morgan fingerprint density at radius 1 is 1.45 bits per heavy atom. The second kappa shape index (κ2) is 7.08. The number of amides is 1. The molecule has 0 saturated heterocycles. The summed E-state index contributed by atoms with van der Waals surface area (Å²) < 4.78 is 0. The molecule has 1 aromatic carbocycles. The zero-order valence-electron chi connectivity index (χ0n) is 12.3. The third kappa shape index (κ3) is 3.52. The number of nitrogens with two attached hydrogens (primary N) is 1. The number of carbonyl (C=O) groups is 1. The molecule has 1 heterocycles. The number of rotatable bonds is 5. The molecule has 0 atom stereocenters. The van der Waals surface area contributed by atoms with Gasteiger partial charge in [-0.3, -0.25) is 9.89 Å². The van der Waals surface area contributed by atoms with Gasteiger partial charge in [0.2, 0.25) is 5.91 Å². The molecular formula is C17H18N4O. The fourth-order valence-corrected chi connectivity index (χ4v) is 2.14. The predicted molar refractivity (Wildman–Crippen MR) is 89.8 cm³/mol. The molecule has 0 aliphatic carbocycles. The average Bonchev–Trinajstić information content (AvgIpc) is 2.96. The lowest BCUT2D eigenvalue weighted by Gasteiger charge is -2.06. The molecule has 1 aromatic heterocycles. The molecule has 0 radical (unpaired) electrons. The van der Waals surface area contributed by atoms with Crippen molar-refractivity contribution >= 4 is 17.2 Å². The van der Waals surface area contributed by atoms with Crippen LogP contribution in [0.1, 0.15) is 12.5 Å². The number of hydrogen-bond acceptors (Lipinski definition) is 3. The van der Waals surface area contributed by atoms with Crippen LogP contribution in [0.25, 0.3) is 16.8 Å². The summed E-state index contributed by atoms with van der Waals surface area (Å²) in [7, 11) is 0. The molecule has 112 valence electrons. The molecule has 0 aliphatic heterocycles. The third-order valence-electron chi connectivity index (χ3n) is 2.98. The van der Waals surface area contributed by atoms with Gasteiger partial charge in [0, 0.05) is 29.9 Å². The number of aromatic nitrogens is 2. The largest absolute Gasteiger partial charge is 0.405 e. The smallest absolute Gasteiger partial charge is 0.221 e. The highest BCUT2D eigenvalue weighted by Gasteiger charge is 2.11. The zero-order valence-corrected chi connectivity index (χ0v) is 12.3. The molecule has 0 bridgehead atoms. The van der Waals surface area contributed by atoms with Crippen molar-refractivity contribution in [2.45, 2.75) is 6.92 Å². The number of allylic oxidation sites excluding steroid dienone is 4. The summed E-state index contributed by atoms with van der Waals surface area (Å²) in [5.74, 6) is -0.113. The average molecular weight is 294 g/mol. The second-order valence-electron chi connectivity index (χ2n) is 4.63. The van der Waals surface area contributed by atoms with E-state index in [2.05, 4.69) is 22.1 Å². The highest BCUT2D eigenvalue weighted by molar-refractivity contribution is 5.90. The van der Waals surface area contributed by atoms with Gasteiger partial charge in [0.15, 0.2) is 0 Å². The topological polar surface area (TPSA) is 83.8 Å². The zero-order chi connectivity index (χ0) is 15.9. The van der Waals surface area contributed by atoms with E-state index in [4.69, 9.17) is 5.73 Å². The van der Waals surface area contributed by atoms with Gasteiger partial charge >= 0.3 is 0 Å².